The molecule has 0 saturated carbocycles. The SMILES string of the molecule is CCCNC(Cc1c(Cl)c(CC)nn1C)c1ccoc1Cl. The fourth-order valence-corrected chi connectivity index (χ4v) is 3.02. The molecule has 1 atom stereocenters. The van der Waals surface area contributed by atoms with Crippen LogP contribution in [0.4, 0.5) is 0 Å². The average Bonchev–Trinajstić information content (AvgIpc) is 3.00. The van der Waals surface area contributed by atoms with Gasteiger partial charge in [0, 0.05) is 25.1 Å². The first-order valence-corrected chi connectivity index (χ1v) is 8.00. The molecule has 4 nitrogen and oxygen atoms in total. The van der Waals surface area contributed by atoms with Crippen LogP contribution in [-0.4, -0.2) is 16.3 Å². The van der Waals surface area contributed by atoms with Crippen LogP contribution < -0.4 is 5.32 Å². The molecule has 0 aliphatic carbocycles. The molecule has 0 saturated heterocycles. The first kappa shape index (κ1) is 16.4. The predicted molar refractivity (Wildman–Crippen MR) is 86.1 cm³/mol. The average molecular weight is 330 g/mol. The number of hydrogen-bond acceptors (Lipinski definition) is 3. The van der Waals surface area contributed by atoms with Crippen LogP contribution in [0.5, 0.6) is 0 Å². The number of rotatable bonds is 7. The second-order valence-electron chi connectivity index (χ2n) is 5.05. The minimum absolute atomic E-state index is 0.0637. The molecule has 0 amide bonds. The Hall–Kier alpha value is -0.970. The van der Waals surface area contributed by atoms with Gasteiger partial charge in [0.2, 0.25) is 0 Å². The molecule has 0 bridgehead atoms. The van der Waals surface area contributed by atoms with Crippen LogP contribution in [0.15, 0.2) is 16.7 Å². The smallest absolute Gasteiger partial charge is 0.197 e. The first-order valence-electron chi connectivity index (χ1n) is 7.24. The quantitative estimate of drug-likeness (QED) is 0.829. The van der Waals surface area contributed by atoms with Crippen LogP contribution in [0, 0.1) is 0 Å². The van der Waals surface area contributed by atoms with Gasteiger partial charge in [0.1, 0.15) is 0 Å². The van der Waals surface area contributed by atoms with E-state index in [1.807, 2.05) is 17.8 Å². The molecule has 0 aromatic carbocycles. The summed E-state index contributed by atoms with van der Waals surface area (Å²) in [5, 5.41) is 9.15. The van der Waals surface area contributed by atoms with Gasteiger partial charge >= 0.3 is 0 Å². The Bertz CT molecular complexity index is 592. The molecule has 0 aliphatic rings. The predicted octanol–water partition coefficient (Wildman–Crippen LogP) is 4.17. The number of aryl methyl sites for hydroxylation is 2. The molecule has 0 radical (unpaired) electrons. The van der Waals surface area contributed by atoms with Crippen molar-refractivity contribution in [3.63, 3.8) is 0 Å². The number of hydrogen-bond donors (Lipinski definition) is 1. The van der Waals surface area contributed by atoms with Gasteiger partial charge in [-0.05, 0) is 37.1 Å². The van der Waals surface area contributed by atoms with Crippen molar-refractivity contribution < 1.29 is 4.42 Å². The molecular weight excluding hydrogens is 309 g/mol. The van der Waals surface area contributed by atoms with Gasteiger partial charge in [-0.1, -0.05) is 25.4 Å². The zero-order chi connectivity index (χ0) is 15.4. The van der Waals surface area contributed by atoms with Crippen molar-refractivity contribution in [2.45, 2.75) is 39.2 Å². The van der Waals surface area contributed by atoms with Crippen molar-refractivity contribution in [2.24, 2.45) is 7.05 Å². The van der Waals surface area contributed by atoms with Gasteiger partial charge in [-0.3, -0.25) is 4.68 Å². The van der Waals surface area contributed by atoms with Crippen molar-refractivity contribution in [3.8, 4) is 0 Å². The van der Waals surface area contributed by atoms with E-state index in [9.17, 15) is 0 Å². The fourth-order valence-electron chi connectivity index (χ4n) is 2.40. The molecule has 2 heterocycles. The van der Waals surface area contributed by atoms with Gasteiger partial charge in [0.15, 0.2) is 5.22 Å². The highest BCUT2D eigenvalue weighted by atomic mass is 35.5. The van der Waals surface area contributed by atoms with Gasteiger partial charge in [-0.25, -0.2) is 0 Å². The Kier molecular flexibility index (Phi) is 5.73. The summed E-state index contributed by atoms with van der Waals surface area (Å²) in [4.78, 5) is 0. The maximum absolute atomic E-state index is 6.44. The molecule has 2 aromatic heterocycles. The molecule has 2 aromatic rings. The third-order valence-corrected chi connectivity index (χ3v) is 4.31. The van der Waals surface area contributed by atoms with Crippen molar-refractivity contribution in [3.05, 3.63) is 39.5 Å². The highest BCUT2D eigenvalue weighted by molar-refractivity contribution is 6.32. The van der Waals surface area contributed by atoms with Gasteiger partial charge in [0.25, 0.3) is 0 Å². The molecule has 21 heavy (non-hydrogen) atoms. The van der Waals surface area contributed by atoms with Crippen LogP contribution >= 0.6 is 23.2 Å². The lowest BCUT2D eigenvalue weighted by Crippen LogP contribution is -2.25. The van der Waals surface area contributed by atoms with Crippen LogP contribution in [0.25, 0.3) is 0 Å². The summed E-state index contributed by atoms with van der Waals surface area (Å²) in [7, 11) is 1.92. The molecule has 0 aliphatic heterocycles. The Morgan fingerprint density at radius 2 is 2.14 bits per heavy atom. The summed E-state index contributed by atoms with van der Waals surface area (Å²) in [6.07, 6.45) is 4.21. The summed E-state index contributed by atoms with van der Waals surface area (Å²) in [6.45, 7) is 5.09. The molecule has 0 spiro atoms. The first-order chi connectivity index (χ1) is 10.1. The number of nitrogens with one attached hydrogen (secondary N) is 1. The van der Waals surface area contributed by atoms with Crippen LogP contribution in [-0.2, 0) is 19.9 Å². The van der Waals surface area contributed by atoms with E-state index in [0.29, 0.717) is 5.22 Å². The maximum Gasteiger partial charge on any atom is 0.197 e. The van der Waals surface area contributed by atoms with E-state index in [2.05, 4.69) is 24.3 Å². The van der Waals surface area contributed by atoms with Gasteiger partial charge < -0.3 is 9.73 Å². The second-order valence-corrected chi connectivity index (χ2v) is 5.77. The van der Waals surface area contributed by atoms with E-state index in [1.54, 1.807) is 6.26 Å². The monoisotopic (exact) mass is 329 g/mol. The summed E-state index contributed by atoms with van der Waals surface area (Å²) in [6, 6.07) is 1.97. The number of halogens is 2. The highest BCUT2D eigenvalue weighted by Crippen LogP contribution is 2.30. The summed E-state index contributed by atoms with van der Waals surface area (Å²) in [5.41, 5.74) is 2.90. The van der Waals surface area contributed by atoms with Gasteiger partial charge in [-0.15, -0.1) is 0 Å². The summed E-state index contributed by atoms with van der Waals surface area (Å²) < 4.78 is 7.08. The van der Waals surface area contributed by atoms with Crippen molar-refractivity contribution >= 4 is 23.2 Å². The molecule has 116 valence electrons. The molecule has 0 fully saturated rings. The van der Waals surface area contributed by atoms with E-state index < -0.39 is 0 Å². The largest absolute Gasteiger partial charge is 0.453 e. The maximum atomic E-state index is 6.44. The van der Waals surface area contributed by atoms with Crippen LogP contribution in [0.1, 0.15) is 43.3 Å². The van der Waals surface area contributed by atoms with Gasteiger partial charge in [-0.2, -0.15) is 5.10 Å². The Morgan fingerprint density at radius 1 is 1.38 bits per heavy atom. The second kappa shape index (κ2) is 7.34. The normalized spacial score (nSPS) is 12.8. The van der Waals surface area contributed by atoms with E-state index in [1.165, 1.54) is 0 Å². The lowest BCUT2D eigenvalue weighted by Gasteiger charge is -2.18. The van der Waals surface area contributed by atoms with E-state index >= 15 is 0 Å². The standard InChI is InChI=1S/C15H21Cl2N3O/c1-4-7-18-12(10-6-8-21-15(10)17)9-13-14(16)11(5-2)19-20(13)3/h6,8,12,18H,4-5,7,9H2,1-3H3. The topological polar surface area (TPSA) is 43.0 Å². The van der Waals surface area contributed by atoms with Crippen molar-refractivity contribution in [1.29, 1.82) is 0 Å². The van der Waals surface area contributed by atoms with Crippen molar-refractivity contribution in [1.82, 2.24) is 15.1 Å². The third kappa shape index (κ3) is 3.62. The molecule has 6 heteroatoms. The zero-order valence-corrected chi connectivity index (χ0v) is 14.1. The Labute approximate surface area is 135 Å². The lowest BCUT2D eigenvalue weighted by atomic mass is 10.0. The lowest BCUT2D eigenvalue weighted by molar-refractivity contribution is 0.500. The van der Waals surface area contributed by atoms with E-state index in [4.69, 9.17) is 27.6 Å². The highest BCUT2D eigenvalue weighted by Gasteiger charge is 2.21. The third-order valence-electron chi connectivity index (χ3n) is 3.56. The van der Waals surface area contributed by atoms with E-state index in [0.717, 1.165) is 47.8 Å². The zero-order valence-electron chi connectivity index (χ0n) is 12.6. The van der Waals surface area contributed by atoms with Gasteiger partial charge in [0.05, 0.1) is 22.7 Å². The molecule has 2 rings (SSSR count). The fraction of sp³-hybridized carbons (Fsp3) is 0.533. The molecule has 1 N–H and O–H groups in total. The minimum Gasteiger partial charge on any atom is -0.453 e. The molecule has 1 unspecified atom stereocenters. The summed E-state index contributed by atoms with van der Waals surface area (Å²) in [5.74, 6) is 0. The number of furan rings is 1. The van der Waals surface area contributed by atoms with E-state index in [-0.39, 0.29) is 6.04 Å². The van der Waals surface area contributed by atoms with Crippen LogP contribution in [0.2, 0.25) is 10.2 Å². The summed E-state index contributed by atoms with van der Waals surface area (Å²) >= 11 is 12.6. The Morgan fingerprint density at radius 3 is 2.67 bits per heavy atom. The number of aromatic nitrogens is 2. The van der Waals surface area contributed by atoms with Crippen LogP contribution in [0.3, 0.4) is 0 Å². The minimum atomic E-state index is 0.0637. The van der Waals surface area contributed by atoms with Crippen molar-refractivity contribution in [2.75, 3.05) is 6.54 Å². The molecular formula is C15H21Cl2N3O. The number of nitrogens with zero attached hydrogens (tertiary/aromatic N) is 2. The Balaban J connectivity index is 2.27.